The minimum absolute atomic E-state index is 0.0501. The van der Waals surface area contributed by atoms with Gasteiger partial charge in [0.2, 0.25) is 5.78 Å². The normalized spacial score (nSPS) is 10.3. The first-order valence-corrected chi connectivity index (χ1v) is 5.00. The lowest BCUT2D eigenvalue weighted by molar-refractivity contribution is 0.0964. The molecule has 0 spiro atoms. The van der Waals surface area contributed by atoms with Crippen LogP contribution in [0.4, 0.5) is 0 Å². The Morgan fingerprint density at radius 1 is 1.25 bits per heavy atom. The lowest BCUT2D eigenvalue weighted by Crippen LogP contribution is -2.02. The first-order chi connectivity index (χ1) is 7.79. The molecule has 0 saturated carbocycles. The molecule has 2 aromatic rings. The molecule has 0 unspecified atom stereocenters. The van der Waals surface area contributed by atoms with E-state index in [2.05, 4.69) is 4.98 Å². The van der Waals surface area contributed by atoms with E-state index in [-0.39, 0.29) is 5.78 Å². The Labute approximate surface area is 93.1 Å². The van der Waals surface area contributed by atoms with E-state index in [1.54, 1.807) is 24.5 Å². The smallest absolute Gasteiger partial charge is 0.202 e. The van der Waals surface area contributed by atoms with Crippen molar-refractivity contribution < 1.29 is 9.21 Å². The molecular weight excluding hydrogens is 204 g/mol. The zero-order valence-corrected chi connectivity index (χ0v) is 8.72. The fraction of sp³-hybridized carbons (Fsp3) is 0.167. The van der Waals surface area contributed by atoms with Gasteiger partial charge in [-0.15, -0.1) is 0 Å². The number of Topliss-reactive ketones (excluding diaryl/α,β-unsaturated/α-hetero) is 1. The van der Waals surface area contributed by atoms with E-state index in [1.807, 2.05) is 12.1 Å². The highest BCUT2D eigenvalue weighted by Crippen LogP contribution is 2.10. The first-order valence-electron chi connectivity index (χ1n) is 5.00. The standard InChI is InChI=1S/C12H12N2O2/c13-8-10-1-2-12(16-10)11(15)7-9-3-5-14-6-4-9/h1-6H,7-8,13H2. The van der Waals surface area contributed by atoms with Gasteiger partial charge in [-0.3, -0.25) is 9.78 Å². The number of pyridine rings is 1. The fourth-order valence-corrected chi connectivity index (χ4v) is 1.41. The molecule has 0 aliphatic carbocycles. The number of hydrogen-bond acceptors (Lipinski definition) is 4. The summed E-state index contributed by atoms with van der Waals surface area (Å²) in [6.45, 7) is 0.308. The van der Waals surface area contributed by atoms with E-state index in [4.69, 9.17) is 10.2 Å². The lowest BCUT2D eigenvalue weighted by Gasteiger charge is -1.97. The van der Waals surface area contributed by atoms with Crippen LogP contribution in [0.3, 0.4) is 0 Å². The summed E-state index contributed by atoms with van der Waals surface area (Å²) in [6, 6.07) is 7.00. The van der Waals surface area contributed by atoms with Crippen molar-refractivity contribution in [2.75, 3.05) is 0 Å². The van der Waals surface area contributed by atoms with Gasteiger partial charge in [-0.2, -0.15) is 0 Å². The third-order valence-corrected chi connectivity index (χ3v) is 2.25. The number of aromatic nitrogens is 1. The van der Waals surface area contributed by atoms with Crippen LogP contribution >= 0.6 is 0 Å². The van der Waals surface area contributed by atoms with Gasteiger partial charge in [-0.25, -0.2) is 0 Å². The van der Waals surface area contributed by atoms with Gasteiger partial charge in [-0.05, 0) is 29.8 Å². The van der Waals surface area contributed by atoms with Crippen molar-refractivity contribution in [1.82, 2.24) is 4.98 Å². The van der Waals surface area contributed by atoms with E-state index in [0.29, 0.717) is 24.5 Å². The third kappa shape index (κ3) is 2.35. The summed E-state index contributed by atoms with van der Waals surface area (Å²) >= 11 is 0. The molecule has 82 valence electrons. The topological polar surface area (TPSA) is 69.1 Å². The van der Waals surface area contributed by atoms with Gasteiger partial charge in [0.1, 0.15) is 5.76 Å². The lowest BCUT2D eigenvalue weighted by atomic mass is 10.1. The molecule has 0 aliphatic heterocycles. The van der Waals surface area contributed by atoms with Crippen LogP contribution in [0.1, 0.15) is 21.9 Å². The predicted octanol–water partition coefficient (Wildman–Crippen LogP) is 1.56. The van der Waals surface area contributed by atoms with E-state index in [9.17, 15) is 4.79 Å². The van der Waals surface area contributed by atoms with Crippen molar-refractivity contribution >= 4 is 5.78 Å². The van der Waals surface area contributed by atoms with Crippen molar-refractivity contribution in [3.63, 3.8) is 0 Å². The van der Waals surface area contributed by atoms with Crippen LogP contribution in [0, 0.1) is 0 Å². The van der Waals surface area contributed by atoms with Crippen molar-refractivity contribution in [3.8, 4) is 0 Å². The van der Waals surface area contributed by atoms with Crippen LogP contribution in [-0.2, 0) is 13.0 Å². The summed E-state index contributed by atoms with van der Waals surface area (Å²) in [7, 11) is 0. The number of nitrogens with two attached hydrogens (primary N) is 1. The number of carbonyl (C=O) groups excluding carboxylic acids is 1. The van der Waals surface area contributed by atoms with E-state index in [0.717, 1.165) is 5.56 Å². The molecule has 0 amide bonds. The maximum Gasteiger partial charge on any atom is 0.202 e. The molecule has 2 N–H and O–H groups in total. The van der Waals surface area contributed by atoms with Gasteiger partial charge < -0.3 is 10.2 Å². The van der Waals surface area contributed by atoms with Crippen LogP contribution in [-0.4, -0.2) is 10.8 Å². The number of furan rings is 1. The zero-order valence-electron chi connectivity index (χ0n) is 8.72. The van der Waals surface area contributed by atoms with E-state index in [1.165, 1.54) is 0 Å². The Hall–Kier alpha value is -1.94. The van der Waals surface area contributed by atoms with Gasteiger partial charge in [0.15, 0.2) is 5.76 Å². The summed E-state index contributed by atoms with van der Waals surface area (Å²) in [5.41, 5.74) is 6.32. The maximum absolute atomic E-state index is 11.8. The second-order valence-electron chi connectivity index (χ2n) is 3.43. The third-order valence-electron chi connectivity index (χ3n) is 2.25. The average Bonchev–Trinajstić information content (AvgIpc) is 2.79. The highest BCUT2D eigenvalue weighted by atomic mass is 16.3. The molecule has 0 saturated heterocycles. The molecule has 0 fully saturated rings. The van der Waals surface area contributed by atoms with Crippen LogP contribution in [0.15, 0.2) is 41.1 Å². The molecule has 0 aromatic carbocycles. The maximum atomic E-state index is 11.8. The van der Waals surface area contributed by atoms with Crippen LogP contribution < -0.4 is 5.73 Å². The summed E-state index contributed by atoms with van der Waals surface area (Å²) in [6.07, 6.45) is 3.65. The van der Waals surface area contributed by atoms with Crippen molar-refractivity contribution in [2.45, 2.75) is 13.0 Å². The predicted molar refractivity (Wildman–Crippen MR) is 58.9 cm³/mol. The highest BCUT2D eigenvalue weighted by molar-refractivity contribution is 5.95. The average molecular weight is 216 g/mol. The summed E-state index contributed by atoms with van der Waals surface area (Å²) < 4.78 is 5.28. The van der Waals surface area contributed by atoms with Crippen LogP contribution in [0.2, 0.25) is 0 Å². The first kappa shape index (κ1) is 10.6. The SMILES string of the molecule is NCc1ccc(C(=O)Cc2ccncc2)o1. The Kier molecular flexibility index (Phi) is 3.12. The second kappa shape index (κ2) is 4.72. The second-order valence-corrected chi connectivity index (χ2v) is 3.43. The Morgan fingerprint density at radius 3 is 2.62 bits per heavy atom. The Balaban J connectivity index is 2.09. The van der Waals surface area contributed by atoms with Gasteiger partial charge in [0.05, 0.1) is 6.54 Å². The minimum Gasteiger partial charge on any atom is -0.457 e. The van der Waals surface area contributed by atoms with Gasteiger partial charge in [0.25, 0.3) is 0 Å². The molecule has 4 heteroatoms. The molecule has 2 rings (SSSR count). The van der Waals surface area contributed by atoms with E-state index >= 15 is 0 Å². The van der Waals surface area contributed by atoms with Crippen LogP contribution in [0.5, 0.6) is 0 Å². The molecule has 0 bridgehead atoms. The number of ketones is 1. The molecule has 0 atom stereocenters. The summed E-state index contributed by atoms with van der Waals surface area (Å²) in [5.74, 6) is 0.932. The zero-order chi connectivity index (χ0) is 11.4. The van der Waals surface area contributed by atoms with Crippen molar-refractivity contribution in [2.24, 2.45) is 5.73 Å². The molecule has 0 aliphatic rings. The number of rotatable bonds is 4. The number of nitrogens with zero attached hydrogens (tertiary/aromatic N) is 1. The van der Waals surface area contributed by atoms with E-state index < -0.39 is 0 Å². The Bertz CT molecular complexity index is 477. The quantitative estimate of drug-likeness (QED) is 0.787. The molecular formula is C12H12N2O2. The molecule has 0 radical (unpaired) electrons. The minimum atomic E-state index is -0.0501. The van der Waals surface area contributed by atoms with Crippen molar-refractivity contribution in [3.05, 3.63) is 53.7 Å². The largest absolute Gasteiger partial charge is 0.457 e. The molecule has 4 nitrogen and oxygen atoms in total. The van der Waals surface area contributed by atoms with Crippen molar-refractivity contribution in [1.29, 1.82) is 0 Å². The number of carbonyl (C=O) groups is 1. The van der Waals surface area contributed by atoms with Gasteiger partial charge in [-0.1, -0.05) is 0 Å². The van der Waals surface area contributed by atoms with Gasteiger partial charge in [0, 0.05) is 18.8 Å². The van der Waals surface area contributed by atoms with Crippen LogP contribution in [0.25, 0.3) is 0 Å². The summed E-state index contributed by atoms with van der Waals surface area (Å²) in [4.78, 5) is 15.7. The molecule has 2 heterocycles. The monoisotopic (exact) mass is 216 g/mol. The number of hydrogen-bond donors (Lipinski definition) is 1. The molecule has 16 heavy (non-hydrogen) atoms. The molecule has 2 aromatic heterocycles. The highest BCUT2D eigenvalue weighted by Gasteiger charge is 2.11. The Morgan fingerprint density at radius 2 is 2.00 bits per heavy atom. The fourth-order valence-electron chi connectivity index (χ4n) is 1.41. The summed E-state index contributed by atoms with van der Waals surface area (Å²) in [5, 5.41) is 0. The van der Waals surface area contributed by atoms with Gasteiger partial charge >= 0.3 is 0 Å².